The van der Waals surface area contributed by atoms with Gasteiger partial charge in [0.2, 0.25) is 17.7 Å². The lowest BCUT2D eigenvalue weighted by atomic mass is 9.94. The first kappa shape index (κ1) is 25.9. The van der Waals surface area contributed by atoms with Crippen LogP contribution in [0.4, 0.5) is 11.4 Å². The van der Waals surface area contributed by atoms with Crippen molar-refractivity contribution in [3.8, 4) is 0 Å². The lowest BCUT2D eigenvalue weighted by molar-refractivity contribution is -0.138. The number of nitrogens with zero attached hydrogens (tertiary/aromatic N) is 2. The normalized spacial score (nSPS) is 17.9. The van der Waals surface area contributed by atoms with Crippen molar-refractivity contribution in [3.63, 3.8) is 0 Å². The van der Waals surface area contributed by atoms with Crippen LogP contribution in [0.2, 0.25) is 0 Å². The minimum absolute atomic E-state index is 0.0746. The molecule has 1 N–H and O–H groups in total. The number of benzene rings is 2. The molecule has 2 fully saturated rings. The number of carbonyl (C=O) groups is 5. The summed E-state index contributed by atoms with van der Waals surface area (Å²) in [6.07, 6.45) is 1.04. The number of nitrogens with one attached hydrogen (secondary N) is 1. The zero-order valence-corrected chi connectivity index (χ0v) is 20.8. The van der Waals surface area contributed by atoms with Crippen LogP contribution < -0.4 is 10.2 Å². The number of rotatable bonds is 6. The lowest BCUT2D eigenvalue weighted by Crippen LogP contribution is -2.44. The van der Waals surface area contributed by atoms with Crippen LogP contribution in [-0.4, -0.2) is 68.4 Å². The van der Waals surface area contributed by atoms with Gasteiger partial charge in [-0.05, 0) is 43.2 Å². The average Bonchev–Trinajstić information content (AvgIpc) is 3.33. The number of ether oxygens (including phenoxy) is 2. The number of hydrogen-bond acceptors (Lipinski definition) is 7. The number of piperidine rings is 1. The fourth-order valence-electron chi connectivity index (χ4n) is 4.77. The van der Waals surface area contributed by atoms with Gasteiger partial charge in [-0.1, -0.05) is 18.2 Å². The Labute approximate surface area is 214 Å². The van der Waals surface area contributed by atoms with Crippen LogP contribution in [0.5, 0.6) is 0 Å². The van der Waals surface area contributed by atoms with Gasteiger partial charge in [0, 0.05) is 37.7 Å². The van der Waals surface area contributed by atoms with Gasteiger partial charge < -0.3 is 24.6 Å². The molecule has 0 radical (unpaired) electrons. The van der Waals surface area contributed by atoms with Crippen molar-refractivity contribution in [2.75, 3.05) is 44.1 Å². The van der Waals surface area contributed by atoms with Gasteiger partial charge in [-0.25, -0.2) is 9.59 Å². The molecule has 2 aromatic carbocycles. The standard InChI is InChI=1S/C27H29N3O7/c1-36-26(34)18-8-9-21(27(35)37-2)22(14-18)28-24(32)17-10-12-29(13-11-17)25(33)19-15-23(31)30(16-19)20-6-4-3-5-7-20/h3-9,14,17,19H,10-13,15-16H2,1-2H3,(H,28,32). The van der Waals surface area contributed by atoms with E-state index in [4.69, 9.17) is 9.47 Å². The zero-order chi connectivity index (χ0) is 26.5. The summed E-state index contributed by atoms with van der Waals surface area (Å²) in [5.41, 5.74) is 1.23. The van der Waals surface area contributed by atoms with Crippen LogP contribution in [0, 0.1) is 11.8 Å². The van der Waals surface area contributed by atoms with E-state index >= 15 is 0 Å². The third-order valence-corrected chi connectivity index (χ3v) is 6.82. The molecule has 0 aromatic heterocycles. The third kappa shape index (κ3) is 5.63. The van der Waals surface area contributed by atoms with E-state index in [1.807, 2.05) is 30.3 Å². The minimum Gasteiger partial charge on any atom is -0.465 e. The van der Waals surface area contributed by atoms with Gasteiger partial charge in [-0.15, -0.1) is 0 Å². The van der Waals surface area contributed by atoms with E-state index in [1.165, 1.54) is 32.4 Å². The van der Waals surface area contributed by atoms with Crippen molar-refractivity contribution in [2.45, 2.75) is 19.3 Å². The summed E-state index contributed by atoms with van der Waals surface area (Å²) in [5.74, 6) is -2.52. The largest absolute Gasteiger partial charge is 0.465 e. The fraction of sp³-hybridized carbons (Fsp3) is 0.370. The number of anilines is 2. The van der Waals surface area contributed by atoms with E-state index in [-0.39, 0.29) is 46.9 Å². The fourth-order valence-corrected chi connectivity index (χ4v) is 4.77. The first-order valence-corrected chi connectivity index (χ1v) is 12.1. The molecule has 1 atom stereocenters. The van der Waals surface area contributed by atoms with Gasteiger partial charge in [0.15, 0.2) is 0 Å². The first-order chi connectivity index (χ1) is 17.8. The molecule has 2 aromatic rings. The number of amides is 3. The van der Waals surface area contributed by atoms with E-state index in [0.29, 0.717) is 32.5 Å². The Morgan fingerprint density at radius 1 is 0.892 bits per heavy atom. The molecule has 0 aliphatic carbocycles. The second-order valence-corrected chi connectivity index (χ2v) is 9.07. The van der Waals surface area contributed by atoms with Gasteiger partial charge in [0.1, 0.15) is 0 Å². The topological polar surface area (TPSA) is 122 Å². The molecule has 4 rings (SSSR count). The van der Waals surface area contributed by atoms with Crippen molar-refractivity contribution in [2.24, 2.45) is 11.8 Å². The van der Waals surface area contributed by atoms with Gasteiger partial charge in [0.25, 0.3) is 0 Å². The van der Waals surface area contributed by atoms with Crippen molar-refractivity contribution < 1.29 is 33.4 Å². The van der Waals surface area contributed by atoms with E-state index < -0.39 is 17.9 Å². The Morgan fingerprint density at radius 3 is 2.22 bits per heavy atom. The van der Waals surface area contributed by atoms with Gasteiger partial charge in [-0.3, -0.25) is 14.4 Å². The molecule has 10 heteroatoms. The molecule has 0 saturated carbocycles. The monoisotopic (exact) mass is 507 g/mol. The van der Waals surface area contributed by atoms with Crippen molar-refractivity contribution in [1.29, 1.82) is 0 Å². The van der Waals surface area contributed by atoms with Crippen LogP contribution in [0.3, 0.4) is 0 Å². The predicted molar refractivity (Wildman–Crippen MR) is 134 cm³/mol. The second-order valence-electron chi connectivity index (χ2n) is 9.07. The maximum atomic E-state index is 13.1. The van der Waals surface area contributed by atoms with Crippen molar-refractivity contribution in [3.05, 3.63) is 59.7 Å². The number of likely N-dealkylation sites (tertiary alicyclic amines) is 1. The molecule has 1 unspecified atom stereocenters. The Kier molecular flexibility index (Phi) is 7.86. The van der Waals surface area contributed by atoms with Crippen LogP contribution in [0.1, 0.15) is 40.0 Å². The average molecular weight is 508 g/mol. The van der Waals surface area contributed by atoms with Crippen LogP contribution in [-0.2, 0) is 23.9 Å². The Balaban J connectivity index is 1.37. The quantitative estimate of drug-likeness (QED) is 0.596. The summed E-state index contributed by atoms with van der Waals surface area (Å²) in [7, 11) is 2.47. The molecule has 3 amide bonds. The smallest absolute Gasteiger partial charge is 0.339 e. The summed E-state index contributed by atoms with van der Waals surface area (Å²) in [6.45, 7) is 1.12. The predicted octanol–water partition coefficient (Wildman–Crippen LogP) is 2.49. The molecule has 10 nitrogen and oxygen atoms in total. The summed E-state index contributed by atoms with van der Waals surface area (Å²) in [4.78, 5) is 66.1. The van der Waals surface area contributed by atoms with E-state index in [9.17, 15) is 24.0 Å². The second kappa shape index (κ2) is 11.2. The van der Waals surface area contributed by atoms with E-state index in [0.717, 1.165) is 5.69 Å². The molecule has 194 valence electrons. The maximum Gasteiger partial charge on any atom is 0.339 e. The third-order valence-electron chi connectivity index (χ3n) is 6.82. The van der Waals surface area contributed by atoms with Crippen molar-refractivity contribution in [1.82, 2.24) is 4.90 Å². The van der Waals surface area contributed by atoms with Gasteiger partial charge in [0.05, 0.1) is 37.0 Å². The maximum absolute atomic E-state index is 13.1. The Hall–Kier alpha value is -4.21. The van der Waals surface area contributed by atoms with Crippen LogP contribution >= 0.6 is 0 Å². The molecule has 2 aliphatic rings. The zero-order valence-electron chi connectivity index (χ0n) is 20.8. The minimum atomic E-state index is -0.650. The number of hydrogen-bond donors (Lipinski definition) is 1. The SMILES string of the molecule is COC(=O)c1ccc(C(=O)OC)c(NC(=O)C2CCN(C(=O)C3CC(=O)N(c4ccccc4)C3)CC2)c1. The van der Waals surface area contributed by atoms with Gasteiger partial charge >= 0.3 is 11.9 Å². The Morgan fingerprint density at radius 2 is 1.57 bits per heavy atom. The highest BCUT2D eigenvalue weighted by Gasteiger charge is 2.38. The van der Waals surface area contributed by atoms with Gasteiger partial charge in [-0.2, -0.15) is 0 Å². The number of carbonyl (C=O) groups excluding carboxylic acids is 5. The number of esters is 2. The molecule has 2 heterocycles. The molecule has 0 bridgehead atoms. The van der Waals surface area contributed by atoms with Crippen molar-refractivity contribution >= 4 is 41.0 Å². The number of para-hydroxylation sites is 1. The molecule has 37 heavy (non-hydrogen) atoms. The molecular weight excluding hydrogens is 478 g/mol. The summed E-state index contributed by atoms with van der Waals surface area (Å²) in [6, 6.07) is 13.5. The summed E-state index contributed by atoms with van der Waals surface area (Å²) >= 11 is 0. The highest BCUT2D eigenvalue weighted by Crippen LogP contribution is 2.29. The molecule has 0 spiro atoms. The highest BCUT2D eigenvalue weighted by molar-refractivity contribution is 6.04. The number of methoxy groups -OCH3 is 2. The summed E-state index contributed by atoms with van der Waals surface area (Å²) < 4.78 is 9.51. The van der Waals surface area contributed by atoms with Crippen LogP contribution in [0.15, 0.2) is 48.5 Å². The first-order valence-electron chi connectivity index (χ1n) is 12.1. The van der Waals surface area contributed by atoms with E-state index in [2.05, 4.69) is 5.32 Å². The van der Waals surface area contributed by atoms with E-state index in [1.54, 1.807) is 9.80 Å². The molecule has 2 aliphatic heterocycles. The highest BCUT2D eigenvalue weighted by atomic mass is 16.5. The Bertz CT molecular complexity index is 1210. The van der Waals surface area contributed by atoms with Crippen LogP contribution in [0.25, 0.3) is 0 Å². The molecule has 2 saturated heterocycles. The molecular formula is C27H29N3O7. The summed E-state index contributed by atoms with van der Waals surface area (Å²) in [5, 5.41) is 2.74. The lowest BCUT2D eigenvalue weighted by Gasteiger charge is -2.33.